The summed E-state index contributed by atoms with van der Waals surface area (Å²) >= 11 is 0. The zero-order chi connectivity index (χ0) is 18.0. The van der Waals surface area contributed by atoms with Crippen LogP contribution in [0.4, 0.5) is 11.4 Å². The van der Waals surface area contributed by atoms with Gasteiger partial charge in [-0.2, -0.15) is 0 Å². The van der Waals surface area contributed by atoms with Crippen molar-refractivity contribution in [3.63, 3.8) is 0 Å². The van der Waals surface area contributed by atoms with Gasteiger partial charge in [-0.15, -0.1) is 0 Å². The van der Waals surface area contributed by atoms with E-state index < -0.39 is 5.60 Å². The van der Waals surface area contributed by atoms with Gasteiger partial charge in [0.05, 0.1) is 12.3 Å². The van der Waals surface area contributed by atoms with E-state index >= 15 is 0 Å². The van der Waals surface area contributed by atoms with Gasteiger partial charge in [-0.1, -0.05) is 6.07 Å². The number of hydrogen-bond acceptors (Lipinski definition) is 4. The average molecular weight is 340 g/mol. The zero-order valence-electron chi connectivity index (χ0n) is 14.4. The summed E-state index contributed by atoms with van der Waals surface area (Å²) in [4.78, 5) is 24.4. The van der Waals surface area contributed by atoms with Crippen LogP contribution in [-0.4, -0.2) is 24.0 Å². The van der Waals surface area contributed by atoms with Crippen LogP contribution in [0.5, 0.6) is 11.5 Å². The molecule has 2 aromatic carbocycles. The molecule has 1 aliphatic rings. The fourth-order valence-electron chi connectivity index (χ4n) is 2.49. The van der Waals surface area contributed by atoms with E-state index in [0.717, 1.165) is 0 Å². The number of carbonyl (C=O) groups excluding carboxylic acids is 2. The van der Waals surface area contributed by atoms with Gasteiger partial charge in [0.25, 0.3) is 11.8 Å². The monoisotopic (exact) mass is 340 g/mol. The van der Waals surface area contributed by atoms with E-state index in [2.05, 4.69) is 10.6 Å². The minimum absolute atomic E-state index is 0.229. The lowest BCUT2D eigenvalue weighted by Gasteiger charge is -2.31. The van der Waals surface area contributed by atoms with Crippen molar-refractivity contribution in [2.24, 2.45) is 0 Å². The Morgan fingerprint density at radius 1 is 1.24 bits per heavy atom. The quantitative estimate of drug-likeness (QED) is 0.894. The van der Waals surface area contributed by atoms with E-state index in [-0.39, 0.29) is 11.8 Å². The van der Waals surface area contributed by atoms with E-state index in [1.165, 1.54) is 0 Å². The summed E-state index contributed by atoms with van der Waals surface area (Å²) < 4.78 is 11.1. The SMILES string of the molecule is CCOc1cccc(C(=O)Nc2ccc3c(c2)NC(=O)C(C)(C)O3)c1. The van der Waals surface area contributed by atoms with Crippen LogP contribution in [0.25, 0.3) is 0 Å². The molecule has 25 heavy (non-hydrogen) atoms. The van der Waals surface area contributed by atoms with Crippen molar-refractivity contribution in [3.05, 3.63) is 48.0 Å². The molecule has 6 nitrogen and oxygen atoms in total. The summed E-state index contributed by atoms with van der Waals surface area (Å²) in [6.45, 7) is 5.82. The Kier molecular flexibility index (Phi) is 4.35. The van der Waals surface area contributed by atoms with E-state index in [1.807, 2.05) is 6.92 Å². The van der Waals surface area contributed by atoms with E-state index in [0.29, 0.717) is 35.0 Å². The summed E-state index contributed by atoms with van der Waals surface area (Å²) in [7, 11) is 0. The smallest absolute Gasteiger partial charge is 0.268 e. The Labute approximate surface area is 146 Å². The highest BCUT2D eigenvalue weighted by atomic mass is 16.5. The Bertz CT molecular complexity index is 830. The van der Waals surface area contributed by atoms with Crippen LogP contribution in [0.1, 0.15) is 31.1 Å². The zero-order valence-corrected chi connectivity index (χ0v) is 14.4. The average Bonchev–Trinajstić information content (AvgIpc) is 2.56. The Balaban J connectivity index is 1.78. The second-order valence-electron chi connectivity index (χ2n) is 6.19. The highest BCUT2D eigenvalue weighted by Crippen LogP contribution is 2.35. The van der Waals surface area contributed by atoms with Crippen molar-refractivity contribution in [2.75, 3.05) is 17.2 Å². The van der Waals surface area contributed by atoms with Crippen LogP contribution >= 0.6 is 0 Å². The number of amides is 2. The van der Waals surface area contributed by atoms with Crippen LogP contribution in [-0.2, 0) is 4.79 Å². The number of fused-ring (bicyclic) bond motifs is 1. The number of nitrogens with one attached hydrogen (secondary N) is 2. The van der Waals surface area contributed by atoms with Gasteiger partial charge < -0.3 is 20.1 Å². The molecule has 0 saturated heterocycles. The molecule has 2 aromatic rings. The van der Waals surface area contributed by atoms with Crippen LogP contribution in [0, 0.1) is 0 Å². The maximum atomic E-state index is 12.4. The second-order valence-corrected chi connectivity index (χ2v) is 6.19. The minimum Gasteiger partial charge on any atom is -0.494 e. The second kappa shape index (κ2) is 6.47. The molecular weight excluding hydrogens is 320 g/mol. The lowest BCUT2D eigenvalue weighted by molar-refractivity contribution is -0.129. The van der Waals surface area contributed by atoms with Crippen LogP contribution < -0.4 is 20.1 Å². The van der Waals surface area contributed by atoms with Crippen LogP contribution in [0.2, 0.25) is 0 Å². The van der Waals surface area contributed by atoms with E-state index in [1.54, 1.807) is 56.3 Å². The van der Waals surface area contributed by atoms with Crippen molar-refractivity contribution < 1.29 is 19.1 Å². The van der Waals surface area contributed by atoms with Gasteiger partial charge in [-0.05, 0) is 57.2 Å². The number of benzene rings is 2. The molecule has 0 atom stereocenters. The largest absolute Gasteiger partial charge is 0.494 e. The molecule has 130 valence electrons. The van der Waals surface area contributed by atoms with Gasteiger partial charge in [0.1, 0.15) is 11.5 Å². The maximum Gasteiger partial charge on any atom is 0.268 e. The number of carbonyl (C=O) groups is 2. The number of anilines is 2. The summed E-state index contributed by atoms with van der Waals surface area (Å²) in [6.07, 6.45) is 0. The van der Waals surface area contributed by atoms with Crippen molar-refractivity contribution in [2.45, 2.75) is 26.4 Å². The van der Waals surface area contributed by atoms with E-state index in [4.69, 9.17) is 9.47 Å². The third-order valence-corrected chi connectivity index (χ3v) is 3.80. The summed E-state index contributed by atoms with van der Waals surface area (Å²) in [5, 5.41) is 5.61. The first-order chi connectivity index (χ1) is 11.9. The van der Waals surface area contributed by atoms with Crippen molar-refractivity contribution in [3.8, 4) is 11.5 Å². The highest BCUT2D eigenvalue weighted by Gasteiger charge is 2.35. The number of ether oxygens (including phenoxy) is 2. The summed E-state index contributed by atoms with van der Waals surface area (Å²) in [6, 6.07) is 12.1. The predicted octanol–water partition coefficient (Wildman–Crippen LogP) is 3.45. The first kappa shape index (κ1) is 16.8. The molecule has 1 aliphatic heterocycles. The molecule has 0 fully saturated rings. The molecule has 0 saturated carbocycles. The summed E-state index contributed by atoms with van der Waals surface area (Å²) in [5.74, 6) is 0.724. The molecule has 3 rings (SSSR count). The van der Waals surface area contributed by atoms with Gasteiger partial charge in [0.15, 0.2) is 5.60 Å². The van der Waals surface area contributed by atoms with Crippen LogP contribution in [0.15, 0.2) is 42.5 Å². The topological polar surface area (TPSA) is 76.7 Å². The molecule has 2 amide bonds. The van der Waals surface area contributed by atoms with Crippen molar-refractivity contribution in [1.29, 1.82) is 0 Å². The lowest BCUT2D eigenvalue weighted by Crippen LogP contribution is -2.45. The Hall–Kier alpha value is -3.02. The normalized spacial score (nSPS) is 14.8. The maximum absolute atomic E-state index is 12.4. The lowest BCUT2D eigenvalue weighted by atomic mass is 10.1. The summed E-state index contributed by atoms with van der Waals surface area (Å²) in [5.41, 5.74) is 0.668. The third-order valence-electron chi connectivity index (χ3n) is 3.80. The fourth-order valence-corrected chi connectivity index (χ4v) is 2.49. The first-order valence-electron chi connectivity index (χ1n) is 8.08. The molecule has 0 bridgehead atoms. The predicted molar refractivity (Wildman–Crippen MR) is 95.3 cm³/mol. The van der Waals surface area contributed by atoms with Gasteiger partial charge >= 0.3 is 0 Å². The van der Waals surface area contributed by atoms with Gasteiger partial charge in [0.2, 0.25) is 0 Å². The molecule has 0 unspecified atom stereocenters. The molecule has 6 heteroatoms. The molecule has 1 heterocycles. The van der Waals surface area contributed by atoms with E-state index in [9.17, 15) is 9.59 Å². The molecule has 0 radical (unpaired) electrons. The Morgan fingerprint density at radius 3 is 2.80 bits per heavy atom. The number of rotatable bonds is 4. The van der Waals surface area contributed by atoms with Gasteiger partial charge in [-0.25, -0.2) is 0 Å². The molecule has 0 aromatic heterocycles. The third kappa shape index (κ3) is 3.57. The fraction of sp³-hybridized carbons (Fsp3) is 0.263. The Morgan fingerprint density at radius 2 is 2.04 bits per heavy atom. The van der Waals surface area contributed by atoms with Crippen molar-refractivity contribution >= 4 is 23.2 Å². The van der Waals surface area contributed by atoms with Crippen LogP contribution in [0.3, 0.4) is 0 Å². The molecular formula is C19H20N2O4. The molecule has 0 aliphatic carbocycles. The standard InChI is InChI=1S/C19H20N2O4/c1-4-24-14-7-5-6-12(10-14)17(22)20-13-8-9-16-15(11-13)21-18(23)19(2,3)25-16/h5-11H,4H2,1-3H3,(H,20,22)(H,21,23). The molecule has 0 spiro atoms. The minimum atomic E-state index is -0.919. The van der Waals surface area contributed by atoms with Gasteiger partial charge in [-0.3, -0.25) is 9.59 Å². The molecule has 2 N–H and O–H groups in total. The first-order valence-corrected chi connectivity index (χ1v) is 8.08. The van der Waals surface area contributed by atoms with Gasteiger partial charge in [0, 0.05) is 11.3 Å². The van der Waals surface area contributed by atoms with Crippen molar-refractivity contribution in [1.82, 2.24) is 0 Å². The highest BCUT2D eigenvalue weighted by molar-refractivity contribution is 6.06. The number of hydrogen-bond donors (Lipinski definition) is 2.